The van der Waals surface area contributed by atoms with Crippen molar-refractivity contribution in [2.75, 3.05) is 7.11 Å². The Kier molecular flexibility index (Phi) is 5.83. The van der Waals surface area contributed by atoms with Gasteiger partial charge in [-0.15, -0.1) is 0 Å². The molecule has 0 amide bonds. The van der Waals surface area contributed by atoms with Gasteiger partial charge >= 0.3 is 0 Å². The van der Waals surface area contributed by atoms with E-state index in [1.807, 2.05) is 12.1 Å². The van der Waals surface area contributed by atoms with Crippen LogP contribution in [0.5, 0.6) is 11.5 Å². The van der Waals surface area contributed by atoms with Gasteiger partial charge in [0.1, 0.15) is 12.4 Å². The zero-order valence-corrected chi connectivity index (χ0v) is 19.2. The second kappa shape index (κ2) is 8.46. The number of methoxy groups -OCH3 is 1. The van der Waals surface area contributed by atoms with Crippen molar-refractivity contribution in [2.45, 2.75) is 57.2 Å². The van der Waals surface area contributed by atoms with Gasteiger partial charge in [-0.25, -0.2) is 4.39 Å². The summed E-state index contributed by atoms with van der Waals surface area (Å²) >= 11 is 12.7. The monoisotopic (exact) mass is 463 g/mol. The minimum Gasteiger partial charge on any atom is -0.493 e. The molecule has 0 radical (unpaired) electrons. The van der Waals surface area contributed by atoms with E-state index in [-0.39, 0.29) is 12.4 Å². The minimum atomic E-state index is -0.375. The Morgan fingerprint density at radius 1 is 1.00 bits per heavy atom. The molecule has 6 rings (SSSR count). The average molecular weight is 464 g/mol. The first-order valence-electron chi connectivity index (χ1n) is 11.1. The van der Waals surface area contributed by atoms with Crippen LogP contribution in [0.4, 0.5) is 4.39 Å². The van der Waals surface area contributed by atoms with Gasteiger partial charge in [-0.2, -0.15) is 0 Å². The van der Waals surface area contributed by atoms with Crippen LogP contribution in [-0.2, 0) is 13.2 Å². The van der Waals surface area contributed by atoms with E-state index >= 15 is 0 Å². The SMILES string of the molecule is COc1cc(CNC23CC4CC(CC(C4)C2)C3)cc(Cl)c1OCc1ccc(F)cc1Cl. The molecule has 0 unspecified atom stereocenters. The molecule has 2 aromatic rings. The van der Waals surface area contributed by atoms with Gasteiger partial charge in [-0.1, -0.05) is 29.3 Å². The molecule has 3 nitrogen and oxygen atoms in total. The lowest BCUT2D eigenvalue weighted by Crippen LogP contribution is -2.58. The van der Waals surface area contributed by atoms with E-state index in [0.29, 0.717) is 32.6 Å². The molecular weight excluding hydrogens is 436 g/mol. The molecule has 0 atom stereocenters. The van der Waals surface area contributed by atoms with Crippen LogP contribution in [0.25, 0.3) is 0 Å². The van der Waals surface area contributed by atoms with E-state index in [4.69, 9.17) is 32.7 Å². The molecule has 31 heavy (non-hydrogen) atoms. The number of benzene rings is 2. The zero-order chi connectivity index (χ0) is 21.6. The van der Waals surface area contributed by atoms with Gasteiger partial charge in [0, 0.05) is 17.6 Å². The van der Waals surface area contributed by atoms with Crippen molar-refractivity contribution in [1.29, 1.82) is 0 Å². The largest absolute Gasteiger partial charge is 0.493 e. The second-order valence-corrected chi connectivity index (χ2v) is 10.5. The normalized spacial score (nSPS) is 28.7. The quantitative estimate of drug-likeness (QED) is 0.490. The molecule has 4 saturated carbocycles. The summed E-state index contributed by atoms with van der Waals surface area (Å²) in [4.78, 5) is 0. The van der Waals surface area contributed by atoms with Crippen LogP contribution in [-0.4, -0.2) is 12.6 Å². The molecule has 4 aliphatic rings. The molecule has 6 heteroatoms. The fourth-order valence-electron chi connectivity index (χ4n) is 6.42. The van der Waals surface area contributed by atoms with E-state index < -0.39 is 0 Å². The predicted octanol–water partition coefficient (Wildman–Crippen LogP) is 6.78. The summed E-state index contributed by atoms with van der Waals surface area (Å²) in [6, 6.07) is 8.18. The number of rotatable bonds is 7. The second-order valence-electron chi connectivity index (χ2n) is 9.68. The van der Waals surface area contributed by atoms with E-state index in [9.17, 15) is 4.39 Å². The van der Waals surface area contributed by atoms with Crippen molar-refractivity contribution in [3.05, 3.63) is 57.3 Å². The molecule has 4 fully saturated rings. The van der Waals surface area contributed by atoms with Crippen LogP contribution in [0.15, 0.2) is 30.3 Å². The Bertz CT molecular complexity index is 945. The molecule has 0 heterocycles. The summed E-state index contributed by atoms with van der Waals surface area (Å²) in [6.45, 7) is 0.951. The highest BCUT2D eigenvalue weighted by Crippen LogP contribution is 2.55. The van der Waals surface area contributed by atoms with Crippen LogP contribution in [0.3, 0.4) is 0 Å². The van der Waals surface area contributed by atoms with E-state index in [0.717, 1.165) is 29.9 Å². The molecule has 0 saturated heterocycles. The Balaban J connectivity index is 1.28. The maximum Gasteiger partial charge on any atom is 0.180 e. The van der Waals surface area contributed by atoms with Crippen molar-refractivity contribution in [3.8, 4) is 11.5 Å². The smallest absolute Gasteiger partial charge is 0.180 e. The highest BCUT2D eigenvalue weighted by atomic mass is 35.5. The van der Waals surface area contributed by atoms with Gasteiger partial charge in [0.15, 0.2) is 11.5 Å². The third-order valence-corrected chi connectivity index (χ3v) is 8.01. The first-order valence-corrected chi connectivity index (χ1v) is 11.9. The molecule has 2 aromatic carbocycles. The summed E-state index contributed by atoms with van der Waals surface area (Å²) in [5, 5.41) is 4.73. The molecule has 4 bridgehead atoms. The summed E-state index contributed by atoms with van der Waals surface area (Å²) in [5.41, 5.74) is 2.07. The van der Waals surface area contributed by atoms with Crippen LogP contribution in [0.2, 0.25) is 10.0 Å². The van der Waals surface area contributed by atoms with Gasteiger partial charge in [0.05, 0.1) is 17.2 Å². The molecular formula is C25H28Cl2FNO2. The van der Waals surface area contributed by atoms with Crippen molar-refractivity contribution in [1.82, 2.24) is 5.32 Å². The topological polar surface area (TPSA) is 30.5 Å². The highest BCUT2D eigenvalue weighted by Gasteiger charge is 2.50. The molecule has 0 aromatic heterocycles. The van der Waals surface area contributed by atoms with Crippen LogP contribution >= 0.6 is 23.2 Å². The summed E-state index contributed by atoms with van der Waals surface area (Å²) in [7, 11) is 1.61. The number of nitrogens with one attached hydrogen (secondary N) is 1. The number of hydrogen-bond donors (Lipinski definition) is 1. The Morgan fingerprint density at radius 3 is 2.29 bits per heavy atom. The average Bonchev–Trinajstić information content (AvgIpc) is 2.71. The van der Waals surface area contributed by atoms with Crippen LogP contribution in [0.1, 0.15) is 49.7 Å². The molecule has 4 aliphatic carbocycles. The van der Waals surface area contributed by atoms with Gasteiger partial charge in [-0.05, 0) is 86.1 Å². The lowest BCUT2D eigenvalue weighted by Gasteiger charge is -2.57. The van der Waals surface area contributed by atoms with Crippen LogP contribution < -0.4 is 14.8 Å². The number of halogens is 3. The lowest BCUT2D eigenvalue weighted by molar-refractivity contribution is -0.0206. The number of hydrogen-bond acceptors (Lipinski definition) is 3. The Hall–Kier alpha value is -1.49. The molecule has 0 aliphatic heterocycles. The summed E-state index contributed by atoms with van der Waals surface area (Å²) in [6.07, 6.45) is 8.23. The van der Waals surface area contributed by atoms with Crippen LogP contribution in [0, 0.1) is 23.6 Å². The zero-order valence-electron chi connectivity index (χ0n) is 17.7. The fourth-order valence-corrected chi connectivity index (χ4v) is 6.93. The highest BCUT2D eigenvalue weighted by molar-refractivity contribution is 6.32. The van der Waals surface area contributed by atoms with Crippen molar-refractivity contribution < 1.29 is 13.9 Å². The third-order valence-electron chi connectivity index (χ3n) is 7.38. The van der Waals surface area contributed by atoms with Gasteiger partial charge in [0.2, 0.25) is 0 Å². The molecule has 0 spiro atoms. The predicted molar refractivity (Wildman–Crippen MR) is 121 cm³/mol. The summed E-state index contributed by atoms with van der Waals surface area (Å²) < 4.78 is 24.8. The third kappa shape index (κ3) is 4.40. The van der Waals surface area contributed by atoms with Gasteiger partial charge < -0.3 is 14.8 Å². The van der Waals surface area contributed by atoms with Gasteiger partial charge in [-0.3, -0.25) is 0 Å². The van der Waals surface area contributed by atoms with Crippen molar-refractivity contribution >= 4 is 23.2 Å². The standard InChI is InChI=1S/C25H28Cl2FNO2/c1-30-23-8-18(13-29-25-10-15-4-16(11-25)6-17(5-15)12-25)7-22(27)24(23)31-14-19-2-3-20(28)9-21(19)26/h2-3,7-9,15-17,29H,4-6,10-14H2,1H3. The Morgan fingerprint density at radius 2 is 1.68 bits per heavy atom. The lowest BCUT2D eigenvalue weighted by atomic mass is 9.53. The number of ether oxygens (including phenoxy) is 2. The molecule has 166 valence electrons. The van der Waals surface area contributed by atoms with E-state index in [1.54, 1.807) is 13.2 Å². The van der Waals surface area contributed by atoms with Crippen molar-refractivity contribution in [2.24, 2.45) is 17.8 Å². The fraction of sp³-hybridized carbons (Fsp3) is 0.520. The van der Waals surface area contributed by atoms with E-state index in [2.05, 4.69) is 5.32 Å². The maximum atomic E-state index is 13.3. The minimum absolute atomic E-state index is 0.181. The van der Waals surface area contributed by atoms with Gasteiger partial charge in [0.25, 0.3) is 0 Å². The Labute approximate surface area is 193 Å². The molecule has 1 N–H and O–H groups in total. The first kappa shape index (κ1) is 21.4. The first-order chi connectivity index (χ1) is 14.9. The summed E-state index contributed by atoms with van der Waals surface area (Å²) in [5.74, 6) is 3.42. The van der Waals surface area contributed by atoms with Crippen molar-refractivity contribution in [3.63, 3.8) is 0 Å². The van der Waals surface area contributed by atoms with E-state index in [1.165, 1.54) is 50.7 Å². The maximum absolute atomic E-state index is 13.3.